The van der Waals surface area contributed by atoms with Crippen LogP contribution in [0.3, 0.4) is 0 Å². The molecule has 0 spiro atoms. The summed E-state index contributed by atoms with van der Waals surface area (Å²) in [6, 6.07) is 6.83. The van der Waals surface area contributed by atoms with Crippen LogP contribution in [0.25, 0.3) is 0 Å². The smallest absolute Gasteiger partial charge is 0.308 e. The standard InChI is InChI=1S/C34H42O18/c1-13-26(41)28(43)30(45)33(49-13)52-32-29(44)27(42)22(12-48-24(40)11-34(2,46)10-23(38)39)51-31(32)15-7-17(36)25-18(37)9-20(50-21(25)8-15)14-4-5-19(47-3)16(35)6-14/h4-8,13,20,22,26-33,35-36,41-46H,9-12H2,1-3H3,(H,38,39)/t13-,20?,22+,26-,27+,28+,29-,30+,31-,32+,33-,34?/m0/s1. The van der Waals surface area contributed by atoms with Crippen molar-refractivity contribution in [1.82, 2.24) is 0 Å². The summed E-state index contributed by atoms with van der Waals surface area (Å²) in [5.41, 5.74) is -1.74. The molecular formula is C34H42O18. The molecule has 3 heterocycles. The molecule has 2 fully saturated rings. The second-order valence-corrected chi connectivity index (χ2v) is 13.4. The molecule has 2 aromatic carbocycles. The molecule has 12 atom stereocenters. The highest BCUT2D eigenvalue weighted by atomic mass is 16.7. The average molecular weight is 739 g/mol. The Labute approximate surface area is 296 Å². The summed E-state index contributed by atoms with van der Waals surface area (Å²) in [7, 11) is 1.37. The van der Waals surface area contributed by atoms with Crippen molar-refractivity contribution in [3.05, 3.63) is 47.0 Å². The molecule has 9 N–H and O–H groups in total. The van der Waals surface area contributed by atoms with Crippen molar-refractivity contribution in [3.63, 3.8) is 0 Å². The number of ether oxygens (including phenoxy) is 6. The second kappa shape index (κ2) is 15.5. The van der Waals surface area contributed by atoms with Crippen molar-refractivity contribution < 1.29 is 88.8 Å². The molecule has 0 saturated carbocycles. The van der Waals surface area contributed by atoms with Gasteiger partial charge in [-0.25, -0.2) is 0 Å². The van der Waals surface area contributed by atoms with Crippen LogP contribution < -0.4 is 9.47 Å². The number of aromatic hydroxyl groups is 2. The summed E-state index contributed by atoms with van der Waals surface area (Å²) >= 11 is 0. The number of ketones is 1. The van der Waals surface area contributed by atoms with Gasteiger partial charge in [0.1, 0.15) is 78.6 Å². The summed E-state index contributed by atoms with van der Waals surface area (Å²) in [4.78, 5) is 36.8. The highest BCUT2D eigenvalue weighted by molar-refractivity contribution is 6.02. The second-order valence-electron chi connectivity index (χ2n) is 13.4. The first-order valence-corrected chi connectivity index (χ1v) is 16.3. The topological polar surface area (TPSA) is 289 Å². The fourth-order valence-electron chi connectivity index (χ4n) is 6.42. The van der Waals surface area contributed by atoms with E-state index in [1.807, 2.05) is 0 Å². The van der Waals surface area contributed by atoms with E-state index in [9.17, 15) is 55.2 Å². The van der Waals surface area contributed by atoms with Crippen molar-refractivity contribution in [2.24, 2.45) is 0 Å². The van der Waals surface area contributed by atoms with Crippen LogP contribution in [0.4, 0.5) is 0 Å². The zero-order chi connectivity index (χ0) is 38.2. The molecule has 18 heteroatoms. The number of carbonyl (C=O) groups excluding carboxylic acids is 2. The number of carboxylic acids is 1. The van der Waals surface area contributed by atoms with E-state index >= 15 is 0 Å². The minimum absolute atomic E-state index is 0.00197. The number of aliphatic carboxylic acids is 1. The van der Waals surface area contributed by atoms with Gasteiger partial charge in [-0.05, 0) is 49.2 Å². The van der Waals surface area contributed by atoms with Gasteiger partial charge in [0.25, 0.3) is 0 Å². The zero-order valence-electron chi connectivity index (χ0n) is 28.3. The maximum atomic E-state index is 13.2. The Bertz CT molecular complexity index is 1640. The fraction of sp³-hybridized carbons (Fsp3) is 0.559. The molecule has 3 aliphatic heterocycles. The molecule has 0 radical (unpaired) electrons. The molecule has 2 unspecified atom stereocenters. The van der Waals surface area contributed by atoms with Gasteiger partial charge in [0, 0.05) is 0 Å². The third kappa shape index (κ3) is 8.25. The van der Waals surface area contributed by atoms with E-state index in [1.54, 1.807) is 6.07 Å². The van der Waals surface area contributed by atoms with E-state index in [1.165, 1.54) is 32.2 Å². The molecule has 52 heavy (non-hydrogen) atoms. The minimum atomic E-state index is -1.97. The normalized spacial score (nSPS) is 32.9. The third-order valence-electron chi connectivity index (χ3n) is 9.18. The maximum Gasteiger partial charge on any atom is 0.308 e. The number of carbonyl (C=O) groups is 3. The molecule has 2 saturated heterocycles. The van der Waals surface area contributed by atoms with Crippen LogP contribution in [-0.4, -0.2) is 138 Å². The van der Waals surface area contributed by atoms with Crippen LogP contribution >= 0.6 is 0 Å². The number of aliphatic hydroxyl groups is 6. The Morgan fingerprint density at radius 1 is 0.904 bits per heavy atom. The van der Waals surface area contributed by atoms with E-state index in [2.05, 4.69) is 0 Å². The highest BCUT2D eigenvalue weighted by Crippen LogP contribution is 2.45. The molecule has 0 bridgehead atoms. The van der Waals surface area contributed by atoms with Gasteiger partial charge in [0.2, 0.25) is 0 Å². The molecule has 0 aliphatic carbocycles. The lowest BCUT2D eigenvalue weighted by Gasteiger charge is -2.46. The lowest BCUT2D eigenvalue weighted by atomic mass is 9.88. The summed E-state index contributed by atoms with van der Waals surface area (Å²) < 4.78 is 33.8. The summed E-state index contributed by atoms with van der Waals surface area (Å²) in [6.45, 7) is 1.79. The van der Waals surface area contributed by atoms with Crippen LogP contribution in [0.1, 0.15) is 66.8 Å². The van der Waals surface area contributed by atoms with Crippen molar-refractivity contribution >= 4 is 17.7 Å². The summed E-state index contributed by atoms with van der Waals surface area (Å²) in [5.74, 6) is -3.64. The van der Waals surface area contributed by atoms with Gasteiger partial charge in [0.05, 0.1) is 38.1 Å². The Morgan fingerprint density at radius 3 is 2.25 bits per heavy atom. The average Bonchev–Trinajstić information content (AvgIpc) is 3.06. The van der Waals surface area contributed by atoms with Gasteiger partial charge >= 0.3 is 11.9 Å². The molecule has 0 aromatic heterocycles. The quantitative estimate of drug-likeness (QED) is 0.129. The van der Waals surface area contributed by atoms with E-state index in [-0.39, 0.29) is 34.8 Å². The SMILES string of the molecule is COc1ccc(C2CC(=O)c3c(O)cc([C@@H]4O[C@H](COC(=O)CC(C)(O)CC(=O)O)[C@@H](O)[C@H](O)[C@H]4O[C@@H]4O[C@@H](C)[C@H](O)[C@@H](O)[C@H]4O)cc3O2)cc1O. The number of phenols is 2. The van der Waals surface area contributed by atoms with Crippen LogP contribution in [0.5, 0.6) is 23.0 Å². The van der Waals surface area contributed by atoms with Crippen molar-refractivity contribution in [3.8, 4) is 23.0 Å². The van der Waals surface area contributed by atoms with Gasteiger partial charge < -0.3 is 74.4 Å². The van der Waals surface area contributed by atoms with Crippen LogP contribution in [0.2, 0.25) is 0 Å². The number of aliphatic hydroxyl groups excluding tert-OH is 5. The molecule has 3 aliphatic rings. The van der Waals surface area contributed by atoms with Crippen LogP contribution in [0.15, 0.2) is 30.3 Å². The van der Waals surface area contributed by atoms with Crippen molar-refractivity contribution in [2.45, 2.75) is 106 Å². The number of hydrogen-bond acceptors (Lipinski definition) is 17. The van der Waals surface area contributed by atoms with Crippen LogP contribution in [-0.2, 0) is 28.5 Å². The van der Waals surface area contributed by atoms with Gasteiger partial charge in [-0.2, -0.15) is 0 Å². The van der Waals surface area contributed by atoms with Gasteiger partial charge in [-0.1, -0.05) is 6.07 Å². The Hall–Kier alpha value is -4.11. The van der Waals surface area contributed by atoms with Gasteiger partial charge in [-0.15, -0.1) is 0 Å². The molecule has 2 aromatic rings. The molecule has 286 valence electrons. The van der Waals surface area contributed by atoms with E-state index in [0.717, 1.165) is 13.0 Å². The number of benzene rings is 2. The van der Waals surface area contributed by atoms with Gasteiger partial charge in [0.15, 0.2) is 23.6 Å². The summed E-state index contributed by atoms with van der Waals surface area (Å²) in [6.07, 6.45) is -18.9. The first-order valence-electron chi connectivity index (χ1n) is 16.3. The predicted molar refractivity (Wildman–Crippen MR) is 170 cm³/mol. The molecule has 5 rings (SSSR count). The predicted octanol–water partition coefficient (Wildman–Crippen LogP) is -0.654. The van der Waals surface area contributed by atoms with Crippen molar-refractivity contribution in [1.29, 1.82) is 0 Å². The number of fused-ring (bicyclic) bond motifs is 1. The Kier molecular flexibility index (Phi) is 11.6. The highest BCUT2D eigenvalue weighted by Gasteiger charge is 2.51. The number of phenolic OH excluding ortho intramolecular Hbond substituents is 2. The number of carboxylic acid groups (broad SMARTS) is 1. The van der Waals surface area contributed by atoms with Crippen LogP contribution in [0, 0.1) is 0 Å². The van der Waals surface area contributed by atoms with E-state index < -0.39 is 116 Å². The number of esters is 1. The van der Waals surface area contributed by atoms with Crippen molar-refractivity contribution in [2.75, 3.05) is 13.7 Å². The number of methoxy groups -OCH3 is 1. The van der Waals surface area contributed by atoms with E-state index in [0.29, 0.717) is 5.56 Å². The third-order valence-corrected chi connectivity index (χ3v) is 9.18. The Balaban J connectivity index is 1.46. The summed E-state index contributed by atoms with van der Waals surface area (Å²) in [5, 5.41) is 94.2. The fourth-order valence-corrected chi connectivity index (χ4v) is 6.42. The first kappa shape index (κ1) is 39.1. The number of hydrogen-bond donors (Lipinski definition) is 9. The number of Topliss-reactive ketones (excluding diaryl/α,β-unsaturated/α-hetero) is 1. The Morgan fingerprint density at radius 2 is 1.60 bits per heavy atom. The molecule has 0 amide bonds. The minimum Gasteiger partial charge on any atom is -0.507 e. The first-order chi connectivity index (χ1) is 24.4. The number of rotatable bonds is 11. The monoisotopic (exact) mass is 738 g/mol. The maximum absolute atomic E-state index is 13.2. The lowest BCUT2D eigenvalue weighted by Crippen LogP contribution is -2.62. The van der Waals surface area contributed by atoms with E-state index in [4.69, 9.17) is 33.5 Å². The molecule has 18 nitrogen and oxygen atoms in total. The zero-order valence-corrected chi connectivity index (χ0v) is 28.3. The largest absolute Gasteiger partial charge is 0.507 e. The molecular weight excluding hydrogens is 696 g/mol. The van der Waals surface area contributed by atoms with Gasteiger partial charge in [-0.3, -0.25) is 14.4 Å². The lowest BCUT2D eigenvalue weighted by molar-refractivity contribution is -0.338.